The third-order valence-electron chi connectivity index (χ3n) is 3.47. The van der Waals surface area contributed by atoms with E-state index in [0.717, 1.165) is 0 Å². The third kappa shape index (κ3) is 4.21. The first-order valence-corrected chi connectivity index (χ1v) is 7.00. The summed E-state index contributed by atoms with van der Waals surface area (Å²) in [6.45, 7) is 3.39. The van der Waals surface area contributed by atoms with E-state index in [0.29, 0.717) is 11.3 Å². The van der Waals surface area contributed by atoms with Crippen LogP contribution in [-0.4, -0.2) is 54.8 Å². The monoisotopic (exact) mass is 309 g/mol. The lowest BCUT2D eigenvalue weighted by Gasteiger charge is -2.37. The van der Waals surface area contributed by atoms with E-state index in [2.05, 4.69) is 4.74 Å². The normalized spacial score (nSPS) is 11.0. The Morgan fingerprint density at radius 3 is 2.41 bits per heavy atom. The maximum Gasteiger partial charge on any atom is 0.307 e. The summed E-state index contributed by atoms with van der Waals surface area (Å²) >= 11 is 0. The van der Waals surface area contributed by atoms with E-state index in [1.165, 1.54) is 19.1 Å². The van der Waals surface area contributed by atoms with Gasteiger partial charge in [-0.15, -0.1) is 0 Å². The van der Waals surface area contributed by atoms with Crippen molar-refractivity contribution in [1.29, 1.82) is 0 Å². The van der Waals surface area contributed by atoms with E-state index in [-0.39, 0.29) is 25.5 Å². The van der Waals surface area contributed by atoms with Crippen LogP contribution in [0, 0.1) is 0 Å². The van der Waals surface area contributed by atoms with Crippen LogP contribution in [0.25, 0.3) is 0 Å². The minimum absolute atomic E-state index is 0.0564. The number of methoxy groups -OCH3 is 2. The van der Waals surface area contributed by atoms with Crippen LogP contribution in [0.3, 0.4) is 0 Å². The van der Waals surface area contributed by atoms with Gasteiger partial charge in [0, 0.05) is 6.54 Å². The molecule has 1 aromatic rings. The van der Waals surface area contributed by atoms with Crippen molar-refractivity contribution in [3.8, 4) is 5.75 Å². The molecule has 1 amide bonds. The Morgan fingerprint density at radius 2 is 1.86 bits per heavy atom. The van der Waals surface area contributed by atoms with E-state index in [4.69, 9.17) is 4.74 Å². The van der Waals surface area contributed by atoms with E-state index < -0.39 is 11.5 Å². The number of hydrogen-bond acceptors (Lipinski definition) is 5. The molecule has 1 N–H and O–H groups in total. The summed E-state index contributed by atoms with van der Waals surface area (Å²) in [6.07, 6.45) is 0.0564. The lowest BCUT2D eigenvalue weighted by molar-refractivity contribution is -0.141. The van der Waals surface area contributed by atoms with Crippen LogP contribution in [0.5, 0.6) is 5.75 Å². The number of para-hydroxylation sites is 1. The van der Waals surface area contributed by atoms with Crippen molar-refractivity contribution in [2.24, 2.45) is 0 Å². The Kier molecular flexibility index (Phi) is 6.37. The highest BCUT2D eigenvalue weighted by Crippen LogP contribution is 2.24. The molecule has 0 unspecified atom stereocenters. The minimum Gasteiger partial charge on any atom is -0.496 e. The first-order valence-electron chi connectivity index (χ1n) is 7.00. The Morgan fingerprint density at radius 1 is 1.23 bits per heavy atom. The molecule has 0 aliphatic carbocycles. The molecule has 6 heteroatoms. The molecule has 0 aliphatic heterocycles. The van der Waals surface area contributed by atoms with Crippen molar-refractivity contribution in [1.82, 2.24) is 4.90 Å². The second-order valence-electron chi connectivity index (χ2n) is 5.45. The van der Waals surface area contributed by atoms with Crippen molar-refractivity contribution in [3.05, 3.63) is 29.8 Å². The van der Waals surface area contributed by atoms with Gasteiger partial charge in [0.1, 0.15) is 5.75 Å². The summed E-state index contributed by atoms with van der Waals surface area (Å²) in [5.74, 6) is -0.267. The van der Waals surface area contributed by atoms with Gasteiger partial charge in [0.2, 0.25) is 0 Å². The number of rotatable bonds is 7. The van der Waals surface area contributed by atoms with Gasteiger partial charge in [-0.1, -0.05) is 12.1 Å². The van der Waals surface area contributed by atoms with Crippen molar-refractivity contribution < 1.29 is 24.2 Å². The van der Waals surface area contributed by atoms with Crippen LogP contribution >= 0.6 is 0 Å². The van der Waals surface area contributed by atoms with Crippen LogP contribution in [0.2, 0.25) is 0 Å². The topological polar surface area (TPSA) is 76.1 Å². The van der Waals surface area contributed by atoms with Crippen LogP contribution in [0.1, 0.15) is 30.6 Å². The van der Waals surface area contributed by atoms with Crippen molar-refractivity contribution in [2.75, 3.05) is 27.4 Å². The van der Waals surface area contributed by atoms with Gasteiger partial charge >= 0.3 is 5.97 Å². The van der Waals surface area contributed by atoms with Crippen molar-refractivity contribution in [3.63, 3.8) is 0 Å². The standard InChI is InChI=1S/C16H23NO5/c1-16(2,11-18)17(10-9-14(19)22-4)15(20)12-7-5-6-8-13(12)21-3/h5-8,18H,9-11H2,1-4H3. The second kappa shape index (κ2) is 7.79. The quantitative estimate of drug-likeness (QED) is 0.772. The minimum atomic E-state index is -0.814. The molecule has 0 heterocycles. The van der Waals surface area contributed by atoms with E-state index in [1.807, 2.05) is 0 Å². The van der Waals surface area contributed by atoms with Gasteiger partial charge in [0.25, 0.3) is 5.91 Å². The fourth-order valence-electron chi connectivity index (χ4n) is 2.04. The zero-order valence-electron chi connectivity index (χ0n) is 13.5. The van der Waals surface area contributed by atoms with Gasteiger partial charge in [-0.2, -0.15) is 0 Å². The molecule has 0 bridgehead atoms. The van der Waals surface area contributed by atoms with Crippen LogP contribution < -0.4 is 4.74 Å². The summed E-state index contributed by atoms with van der Waals surface area (Å²) in [6, 6.07) is 6.85. The SMILES string of the molecule is COC(=O)CCN(C(=O)c1ccccc1OC)C(C)(C)CO. The van der Waals surface area contributed by atoms with Crippen molar-refractivity contribution >= 4 is 11.9 Å². The molecule has 1 aromatic carbocycles. The molecule has 0 fully saturated rings. The van der Waals surface area contributed by atoms with E-state index in [9.17, 15) is 14.7 Å². The van der Waals surface area contributed by atoms with Gasteiger partial charge in [0.15, 0.2) is 0 Å². The number of aliphatic hydroxyl groups excluding tert-OH is 1. The van der Waals surface area contributed by atoms with Crippen LogP contribution in [0.4, 0.5) is 0 Å². The zero-order valence-corrected chi connectivity index (χ0v) is 13.5. The highest BCUT2D eigenvalue weighted by Gasteiger charge is 2.32. The number of esters is 1. The van der Waals surface area contributed by atoms with Crippen molar-refractivity contribution in [2.45, 2.75) is 25.8 Å². The molecule has 22 heavy (non-hydrogen) atoms. The second-order valence-corrected chi connectivity index (χ2v) is 5.45. The number of nitrogens with zero attached hydrogens (tertiary/aromatic N) is 1. The number of aliphatic hydroxyl groups is 1. The first kappa shape index (κ1) is 18.0. The van der Waals surface area contributed by atoms with E-state index >= 15 is 0 Å². The summed E-state index contributed by atoms with van der Waals surface area (Å²) in [5.41, 5.74) is -0.428. The van der Waals surface area contributed by atoms with Gasteiger partial charge in [0.05, 0.1) is 38.3 Å². The average Bonchev–Trinajstić information content (AvgIpc) is 2.54. The highest BCUT2D eigenvalue weighted by atomic mass is 16.5. The largest absolute Gasteiger partial charge is 0.496 e. The molecule has 0 atom stereocenters. The smallest absolute Gasteiger partial charge is 0.307 e. The zero-order chi connectivity index (χ0) is 16.8. The molecule has 0 aliphatic rings. The molecular weight excluding hydrogens is 286 g/mol. The first-order chi connectivity index (χ1) is 10.4. The highest BCUT2D eigenvalue weighted by molar-refractivity contribution is 5.97. The van der Waals surface area contributed by atoms with Crippen LogP contribution in [-0.2, 0) is 9.53 Å². The maximum absolute atomic E-state index is 12.8. The third-order valence-corrected chi connectivity index (χ3v) is 3.47. The molecule has 6 nitrogen and oxygen atoms in total. The Labute approximate surface area is 130 Å². The summed E-state index contributed by atoms with van der Waals surface area (Å²) in [4.78, 5) is 25.6. The van der Waals surface area contributed by atoms with E-state index in [1.54, 1.807) is 38.1 Å². The number of hydrogen-bond donors (Lipinski definition) is 1. The number of ether oxygens (including phenoxy) is 2. The molecule has 1 rings (SSSR count). The lowest BCUT2D eigenvalue weighted by Crippen LogP contribution is -2.51. The molecule has 0 radical (unpaired) electrons. The molecule has 0 saturated heterocycles. The lowest BCUT2D eigenvalue weighted by atomic mass is 10.0. The van der Waals surface area contributed by atoms with Gasteiger partial charge in [-0.05, 0) is 26.0 Å². The molecule has 0 saturated carbocycles. The Hall–Kier alpha value is -2.08. The predicted octanol–water partition coefficient (Wildman–Crippen LogP) is 1.47. The van der Waals surface area contributed by atoms with Crippen LogP contribution in [0.15, 0.2) is 24.3 Å². The average molecular weight is 309 g/mol. The Balaban J connectivity index is 3.09. The van der Waals surface area contributed by atoms with Gasteiger partial charge in [-0.25, -0.2) is 0 Å². The fraction of sp³-hybridized carbons (Fsp3) is 0.500. The summed E-state index contributed by atoms with van der Waals surface area (Å²) in [5, 5.41) is 9.57. The molecular formula is C16H23NO5. The molecule has 122 valence electrons. The molecule has 0 aromatic heterocycles. The number of carbonyl (C=O) groups is 2. The Bertz CT molecular complexity index is 527. The van der Waals surface area contributed by atoms with Gasteiger partial charge in [-0.3, -0.25) is 9.59 Å². The number of benzene rings is 1. The molecule has 0 spiro atoms. The fourth-order valence-corrected chi connectivity index (χ4v) is 2.04. The summed E-state index contributed by atoms with van der Waals surface area (Å²) < 4.78 is 9.82. The van der Waals surface area contributed by atoms with Gasteiger partial charge < -0.3 is 19.5 Å². The summed E-state index contributed by atoms with van der Waals surface area (Å²) in [7, 11) is 2.79. The number of amides is 1. The maximum atomic E-state index is 12.8. The predicted molar refractivity (Wildman–Crippen MR) is 81.8 cm³/mol. The number of carbonyl (C=O) groups excluding carboxylic acids is 2.